The maximum absolute atomic E-state index is 9.87. The minimum atomic E-state index is -1.12. The number of aliphatic hydroxyl groups is 3. The molecule has 2 heterocycles. The normalized spacial score (nSPS) is 31.5. The van der Waals surface area contributed by atoms with Crippen LogP contribution in [0.25, 0.3) is 0 Å². The Morgan fingerprint density at radius 3 is 2.72 bits per heavy atom. The molecule has 4 atom stereocenters. The number of rotatable bonds is 3. The van der Waals surface area contributed by atoms with E-state index in [1.807, 2.05) is 0 Å². The number of ether oxygens (including phenoxy) is 1. The van der Waals surface area contributed by atoms with Crippen molar-refractivity contribution in [2.75, 3.05) is 6.61 Å². The Bertz CT molecular complexity index is 456. The van der Waals surface area contributed by atoms with Crippen molar-refractivity contribution in [1.29, 1.82) is 0 Å². The number of nitrogens with two attached hydrogens (primary N) is 1. The SMILES string of the molecule is NC(=S)c1ccc[n+]([C@@H]2O[C@H](CO)[C@@H](O)C2O)c1. The second kappa shape index (κ2) is 5.25. The van der Waals surface area contributed by atoms with Crippen LogP contribution in [0.3, 0.4) is 0 Å². The van der Waals surface area contributed by atoms with Crippen LogP contribution in [-0.4, -0.2) is 45.2 Å². The monoisotopic (exact) mass is 271 g/mol. The lowest BCUT2D eigenvalue weighted by Gasteiger charge is -2.10. The largest absolute Gasteiger partial charge is 0.394 e. The average Bonchev–Trinajstić information content (AvgIpc) is 2.66. The summed E-state index contributed by atoms with van der Waals surface area (Å²) >= 11 is 4.87. The lowest BCUT2D eigenvalue weighted by atomic mass is 10.1. The molecule has 0 spiro atoms. The second-order valence-electron chi connectivity index (χ2n) is 4.13. The van der Waals surface area contributed by atoms with E-state index in [9.17, 15) is 10.2 Å². The molecule has 1 aliphatic rings. The molecule has 98 valence electrons. The van der Waals surface area contributed by atoms with Crippen molar-refractivity contribution in [2.24, 2.45) is 5.73 Å². The number of aromatic nitrogens is 1. The molecular formula is C11H15N2O4S+. The lowest BCUT2D eigenvalue weighted by molar-refractivity contribution is -0.765. The van der Waals surface area contributed by atoms with Crippen molar-refractivity contribution < 1.29 is 24.6 Å². The van der Waals surface area contributed by atoms with Gasteiger partial charge in [0.05, 0.1) is 12.2 Å². The van der Waals surface area contributed by atoms with Gasteiger partial charge in [-0.15, -0.1) is 0 Å². The van der Waals surface area contributed by atoms with Gasteiger partial charge in [0, 0.05) is 6.07 Å². The molecule has 1 saturated heterocycles. The number of aliphatic hydroxyl groups excluding tert-OH is 3. The third kappa shape index (κ3) is 2.36. The second-order valence-corrected chi connectivity index (χ2v) is 4.57. The molecule has 0 radical (unpaired) electrons. The van der Waals surface area contributed by atoms with Gasteiger partial charge in [0.25, 0.3) is 6.23 Å². The van der Waals surface area contributed by atoms with Gasteiger partial charge in [0.15, 0.2) is 18.5 Å². The zero-order valence-electron chi connectivity index (χ0n) is 9.51. The predicted octanol–water partition coefficient (Wildman–Crippen LogP) is -1.78. The van der Waals surface area contributed by atoms with Gasteiger partial charge in [-0.1, -0.05) is 12.2 Å². The van der Waals surface area contributed by atoms with Crippen molar-refractivity contribution in [3.63, 3.8) is 0 Å². The van der Waals surface area contributed by atoms with Crippen LogP contribution in [-0.2, 0) is 4.74 Å². The van der Waals surface area contributed by atoms with E-state index in [2.05, 4.69) is 0 Å². The zero-order valence-corrected chi connectivity index (χ0v) is 10.3. The van der Waals surface area contributed by atoms with E-state index in [1.165, 1.54) is 0 Å². The van der Waals surface area contributed by atoms with Crippen molar-refractivity contribution in [3.8, 4) is 0 Å². The maximum Gasteiger partial charge on any atom is 0.292 e. The first-order valence-corrected chi connectivity index (χ1v) is 5.88. The van der Waals surface area contributed by atoms with E-state index in [4.69, 9.17) is 27.8 Å². The molecule has 5 N–H and O–H groups in total. The standard InChI is InChI=1S/C11H14N2O4S/c12-10(18)6-2-1-3-13(4-6)11-9(16)8(15)7(5-14)17-11/h1-4,7-9,11,14-16H,5H2,(H-,12,18)/p+1/t7-,8-,9?,11-/m1/s1. The number of nitrogens with zero attached hydrogens (tertiary/aromatic N) is 1. The van der Waals surface area contributed by atoms with Crippen LogP contribution in [0.5, 0.6) is 0 Å². The highest BCUT2D eigenvalue weighted by Gasteiger charge is 2.47. The van der Waals surface area contributed by atoms with Gasteiger partial charge in [0.2, 0.25) is 0 Å². The third-order valence-electron chi connectivity index (χ3n) is 2.92. The Morgan fingerprint density at radius 2 is 2.17 bits per heavy atom. The van der Waals surface area contributed by atoms with Gasteiger partial charge < -0.3 is 25.8 Å². The lowest BCUT2D eigenvalue weighted by Crippen LogP contribution is -2.46. The molecule has 7 heteroatoms. The van der Waals surface area contributed by atoms with Crippen LogP contribution in [0.15, 0.2) is 24.5 Å². The molecule has 18 heavy (non-hydrogen) atoms. The van der Waals surface area contributed by atoms with Gasteiger partial charge in [-0.2, -0.15) is 4.57 Å². The first kappa shape index (κ1) is 13.3. The first-order chi connectivity index (χ1) is 8.54. The van der Waals surface area contributed by atoms with Gasteiger partial charge in [-0.05, 0) is 6.07 Å². The summed E-state index contributed by atoms with van der Waals surface area (Å²) in [5.74, 6) is 0. The van der Waals surface area contributed by atoms with Crippen LogP contribution in [0.2, 0.25) is 0 Å². The summed E-state index contributed by atoms with van der Waals surface area (Å²) in [6.45, 7) is -0.357. The highest BCUT2D eigenvalue weighted by molar-refractivity contribution is 7.80. The van der Waals surface area contributed by atoms with Crippen molar-refractivity contribution in [2.45, 2.75) is 24.5 Å². The van der Waals surface area contributed by atoms with Gasteiger partial charge in [-0.3, -0.25) is 0 Å². The van der Waals surface area contributed by atoms with Gasteiger partial charge >= 0.3 is 0 Å². The number of pyridine rings is 1. The number of thiocarbonyl (C=S) groups is 1. The summed E-state index contributed by atoms with van der Waals surface area (Å²) < 4.78 is 6.95. The average molecular weight is 271 g/mol. The summed E-state index contributed by atoms with van der Waals surface area (Å²) in [6.07, 6.45) is -0.516. The van der Waals surface area contributed by atoms with Crippen molar-refractivity contribution >= 4 is 17.2 Å². The Morgan fingerprint density at radius 1 is 1.44 bits per heavy atom. The molecule has 0 saturated carbocycles. The Kier molecular flexibility index (Phi) is 3.88. The molecule has 0 aliphatic carbocycles. The van der Waals surface area contributed by atoms with Crippen LogP contribution >= 0.6 is 12.2 Å². The van der Waals surface area contributed by atoms with Crippen molar-refractivity contribution in [3.05, 3.63) is 30.1 Å². The predicted molar refractivity (Wildman–Crippen MR) is 65.5 cm³/mol. The molecule has 1 fully saturated rings. The minimum absolute atomic E-state index is 0.232. The molecule has 0 bridgehead atoms. The molecule has 6 nitrogen and oxygen atoms in total. The summed E-state index contributed by atoms with van der Waals surface area (Å²) in [7, 11) is 0. The number of hydrogen-bond donors (Lipinski definition) is 4. The molecule has 1 aromatic rings. The van der Waals surface area contributed by atoms with E-state index < -0.39 is 24.5 Å². The summed E-state index contributed by atoms with van der Waals surface area (Å²) in [5.41, 5.74) is 6.15. The fourth-order valence-corrected chi connectivity index (χ4v) is 2.04. The topological polar surface area (TPSA) is 99.8 Å². The fraction of sp³-hybridized carbons (Fsp3) is 0.455. The van der Waals surface area contributed by atoms with Crippen LogP contribution < -0.4 is 10.3 Å². The van der Waals surface area contributed by atoms with Crippen LogP contribution in [0.1, 0.15) is 11.8 Å². The summed E-state index contributed by atoms with van der Waals surface area (Å²) in [6, 6.07) is 3.45. The Hall–Kier alpha value is -1.12. The van der Waals surface area contributed by atoms with E-state index in [-0.39, 0.29) is 11.6 Å². The summed E-state index contributed by atoms with van der Waals surface area (Å²) in [4.78, 5) is 0.232. The Balaban J connectivity index is 2.27. The highest BCUT2D eigenvalue weighted by atomic mass is 32.1. The van der Waals surface area contributed by atoms with E-state index >= 15 is 0 Å². The fourth-order valence-electron chi connectivity index (χ4n) is 1.92. The molecular weight excluding hydrogens is 256 g/mol. The van der Waals surface area contributed by atoms with E-state index in [0.717, 1.165) is 0 Å². The molecule has 2 rings (SSSR count). The quantitative estimate of drug-likeness (QED) is 0.383. The molecule has 0 aromatic carbocycles. The van der Waals surface area contributed by atoms with E-state index in [0.29, 0.717) is 5.56 Å². The van der Waals surface area contributed by atoms with Crippen LogP contribution in [0, 0.1) is 0 Å². The number of hydrogen-bond acceptors (Lipinski definition) is 5. The van der Waals surface area contributed by atoms with Crippen LogP contribution in [0.4, 0.5) is 0 Å². The zero-order chi connectivity index (χ0) is 13.3. The smallest absolute Gasteiger partial charge is 0.292 e. The molecule has 1 aliphatic heterocycles. The van der Waals surface area contributed by atoms with Crippen molar-refractivity contribution in [1.82, 2.24) is 0 Å². The molecule has 0 amide bonds. The molecule has 1 aromatic heterocycles. The van der Waals surface area contributed by atoms with Gasteiger partial charge in [-0.25, -0.2) is 0 Å². The minimum Gasteiger partial charge on any atom is -0.394 e. The summed E-state index contributed by atoms with van der Waals surface area (Å²) in [5, 5.41) is 28.6. The third-order valence-corrected chi connectivity index (χ3v) is 3.15. The highest BCUT2D eigenvalue weighted by Crippen LogP contribution is 2.24. The van der Waals surface area contributed by atoms with Gasteiger partial charge in [0.1, 0.15) is 17.2 Å². The Labute approximate surface area is 109 Å². The maximum atomic E-state index is 9.87. The van der Waals surface area contributed by atoms with E-state index in [1.54, 1.807) is 29.1 Å². The first-order valence-electron chi connectivity index (χ1n) is 5.47. The molecule has 1 unspecified atom stereocenters.